The number of furan rings is 1. The Kier molecular flexibility index (Phi) is 6.16. The number of carbonyl (C=O) groups is 1. The molecule has 3 N–H and O–H groups in total. The highest BCUT2D eigenvalue weighted by molar-refractivity contribution is 6.43. The minimum Gasteiger partial charge on any atom is -0.461 e. The fourth-order valence-electron chi connectivity index (χ4n) is 3.68. The van der Waals surface area contributed by atoms with E-state index in [0.717, 1.165) is 17.4 Å². The Morgan fingerprint density at radius 3 is 2.72 bits per heavy atom. The standard InChI is InChI=1S/C19H26BNO4/c22-19(11-10-14-6-2-1-3-7-14)21-18(20(23)24)13-16-12-15-8-4-5-9-17(15)25-16/h4-5,8-9,12,14,18,23-24H,1-3,6-7,10-11,13H2,(H,21,22). The third kappa shape index (κ3) is 5.09. The number of amides is 1. The lowest BCUT2D eigenvalue weighted by Gasteiger charge is -2.22. The number of para-hydroxylation sites is 1. The van der Waals surface area contributed by atoms with Gasteiger partial charge in [-0.25, -0.2) is 0 Å². The summed E-state index contributed by atoms with van der Waals surface area (Å²) in [7, 11) is -1.62. The molecule has 134 valence electrons. The van der Waals surface area contributed by atoms with Gasteiger partial charge in [-0.05, 0) is 24.5 Å². The van der Waals surface area contributed by atoms with Gasteiger partial charge in [0, 0.05) is 18.2 Å². The first-order chi connectivity index (χ1) is 12.1. The lowest BCUT2D eigenvalue weighted by Crippen LogP contribution is -2.47. The maximum atomic E-state index is 12.2. The molecule has 1 aromatic carbocycles. The van der Waals surface area contributed by atoms with Crippen molar-refractivity contribution in [1.82, 2.24) is 5.32 Å². The summed E-state index contributed by atoms with van der Waals surface area (Å²) in [5.41, 5.74) is 0.757. The Bertz CT molecular complexity index is 661. The van der Waals surface area contributed by atoms with Gasteiger partial charge in [0.15, 0.2) is 0 Å². The molecule has 1 amide bonds. The smallest absolute Gasteiger partial charge is 0.461 e. The summed E-state index contributed by atoms with van der Waals surface area (Å²) in [5, 5.41) is 22.9. The Morgan fingerprint density at radius 1 is 1.24 bits per heavy atom. The van der Waals surface area contributed by atoms with Gasteiger partial charge in [0.25, 0.3) is 0 Å². The molecule has 2 aromatic rings. The zero-order valence-electron chi connectivity index (χ0n) is 14.5. The zero-order valence-corrected chi connectivity index (χ0v) is 14.5. The minimum absolute atomic E-state index is 0.125. The van der Waals surface area contributed by atoms with Gasteiger partial charge in [0.2, 0.25) is 5.91 Å². The largest absolute Gasteiger partial charge is 0.475 e. The van der Waals surface area contributed by atoms with Crippen molar-refractivity contribution in [2.75, 3.05) is 0 Å². The van der Waals surface area contributed by atoms with E-state index in [9.17, 15) is 14.8 Å². The molecule has 1 fully saturated rings. The molecule has 0 saturated heterocycles. The first-order valence-corrected chi connectivity index (χ1v) is 9.25. The normalized spacial score (nSPS) is 16.7. The molecule has 6 heteroatoms. The van der Waals surface area contributed by atoms with Gasteiger partial charge >= 0.3 is 7.12 Å². The summed E-state index contributed by atoms with van der Waals surface area (Å²) in [4.78, 5) is 12.2. The molecule has 0 spiro atoms. The molecule has 1 unspecified atom stereocenters. The Balaban J connectivity index is 1.54. The van der Waals surface area contributed by atoms with Crippen molar-refractivity contribution >= 4 is 24.0 Å². The molecule has 5 nitrogen and oxygen atoms in total. The van der Waals surface area contributed by atoms with Gasteiger partial charge < -0.3 is 19.8 Å². The fraction of sp³-hybridized carbons (Fsp3) is 0.526. The monoisotopic (exact) mass is 343 g/mol. The molecule has 1 aliphatic rings. The molecule has 25 heavy (non-hydrogen) atoms. The van der Waals surface area contributed by atoms with Crippen molar-refractivity contribution in [3.8, 4) is 0 Å². The van der Waals surface area contributed by atoms with Crippen LogP contribution in [0.4, 0.5) is 0 Å². The van der Waals surface area contributed by atoms with E-state index >= 15 is 0 Å². The van der Waals surface area contributed by atoms with Crippen molar-refractivity contribution in [2.45, 2.75) is 57.3 Å². The van der Waals surface area contributed by atoms with Gasteiger partial charge in [-0.1, -0.05) is 50.3 Å². The highest BCUT2D eigenvalue weighted by Crippen LogP contribution is 2.27. The summed E-state index contributed by atoms with van der Waals surface area (Å²) in [6.45, 7) is 0. The van der Waals surface area contributed by atoms with Crippen molar-refractivity contribution in [3.05, 3.63) is 36.1 Å². The van der Waals surface area contributed by atoms with Crippen LogP contribution in [0.2, 0.25) is 0 Å². The summed E-state index contributed by atoms with van der Waals surface area (Å²) in [6, 6.07) is 9.49. The Hall–Kier alpha value is -1.79. The second-order valence-electron chi connectivity index (χ2n) is 7.08. The maximum Gasteiger partial charge on any atom is 0.475 e. The lowest BCUT2D eigenvalue weighted by molar-refractivity contribution is -0.121. The first-order valence-electron chi connectivity index (χ1n) is 9.25. The predicted molar refractivity (Wildman–Crippen MR) is 97.8 cm³/mol. The van der Waals surface area contributed by atoms with Crippen LogP contribution < -0.4 is 5.32 Å². The van der Waals surface area contributed by atoms with E-state index < -0.39 is 13.1 Å². The molecular formula is C19H26BNO4. The average Bonchev–Trinajstić information content (AvgIpc) is 3.02. The molecular weight excluding hydrogens is 317 g/mol. The van der Waals surface area contributed by atoms with Gasteiger partial charge in [-0.15, -0.1) is 0 Å². The van der Waals surface area contributed by atoms with Crippen molar-refractivity contribution in [3.63, 3.8) is 0 Å². The number of rotatable bonds is 7. The van der Waals surface area contributed by atoms with Crippen molar-refractivity contribution in [1.29, 1.82) is 0 Å². The molecule has 1 saturated carbocycles. The summed E-state index contributed by atoms with van der Waals surface area (Å²) in [6.07, 6.45) is 7.81. The number of fused-ring (bicyclic) bond motifs is 1. The van der Waals surface area contributed by atoms with E-state index in [2.05, 4.69) is 5.32 Å². The zero-order chi connectivity index (χ0) is 17.6. The van der Waals surface area contributed by atoms with Crippen LogP contribution in [-0.2, 0) is 11.2 Å². The summed E-state index contributed by atoms with van der Waals surface area (Å²) in [5.74, 6) is 0.374. The third-order valence-electron chi connectivity index (χ3n) is 5.11. The second kappa shape index (κ2) is 8.54. The van der Waals surface area contributed by atoms with E-state index in [1.807, 2.05) is 30.3 Å². The highest BCUT2D eigenvalue weighted by Gasteiger charge is 2.27. The average molecular weight is 343 g/mol. The molecule has 1 aromatic heterocycles. The maximum absolute atomic E-state index is 12.2. The van der Waals surface area contributed by atoms with Crippen molar-refractivity contribution < 1.29 is 19.3 Å². The van der Waals surface area contributed by atoms with Crippen LogP contribution in [0.25, 0.3) is 11.0 Å². The van der Waals surface area contributed by atoms with Crippen LogP contribution in [0.1, 0.15) is 50.7 Å². The molecule has 1 aliphatic carbocycles. The molecule has 1 heterocycles. The van der Waals surface area contributed by atoms with Crippen LogP contribution in [0, 0.1) is 5.92 Å². The van der Waals surface area contributed by atoms with Crippen LogP contribution in [0.5, 0.6) is 0 Å². The number of benzene rings is 1. The van der Waals surface area contributed by atoms with E-state index in [-0.39, 0.29) is 12.3 Å². The SMILES string of the molecule is O=C(CCC1CCCCC1)NC(Cc1cc2ccccc2o1)B(O)O. The van der Waals surface area contributed by atoms with E-state index in [4.69, 9.17) is 4.42 Å². The van der Waals surface area contributed by atoms with Gasteiger partial charge in [0.1, 0.15) is 11.3 Å². The second-order valence-corrected chi connectivity index (χ2v) is 7.08. The fourth-order valence-corrected chi connectivity index (χ4v) is 3.68. The summed E-state index contributed by atoms with van der Waals surface area (Å²) >= 11 is 0. The summed E-state index contributed by atoms with van der Waals surface area (Å²) < 4.78 is 5.71. The molecule has 0 aliphatic heterocycles. The minimum atomic E-state index is -1.62. The van der Waals surface area contributed by atoms with Crippen molar-refractivity contribution in [2.24, 2.45) is 5.92 Å². The molecule has 1 atom stereocenters. The predicted octanol–water partition coefficient (Wildman–Crippen LogP) is 2.83. The third-order valence-corrected chi connectivity index (χ3v) is 5.11. The molecule has 3 rings (SSSR count). The number of nitrogens with one attached hydrogen (secondary N) is 1. The number of carbonyl (C=O) groups excluding carboxylic acids is 1. The topological polar surface area (TPSA) is 82.7 Å². The van der Waals surface area contributed by atoms with Crippen LogP contribution in [-0.4, -0.2) is 29.0 Å². The lowest BCUT2D eigenvalue weighted by atomic mass is 9.76. The van der Waals surface area contributed by atoms with E-state index in [0.29, 0.717) is 18.1 Å². The quantitative estimate of drug-likeness (QED) is 0.675. The van der Waals surface area contributed by atoms with E-state index in [1.165, 1.54) is 32.1 Å². The number of hydrogen-bond acceptors (Lipinski definition) is 4. The van der Waals surface area contributed by atoms with Gasteiger partial charge in [-0.3, -0.25) is 4.79 Å². The highest BCUT2D eigenvalue weighted by atomic mass is 16.4. The first kappa shape index (κ1) is 18.0. The Labute approximate surface area is 148 Å². The molecule has 0 radical (unpaired) electrons. The van der Waals surface area contributed by atoms with Gasteiger partial charge in [-0.2, -0.15) is 0 Å². The van der Waals surface area contributed by atoms with Crippen LogP contribution in [0.3, 0.4) is 0 Å². The van der Waals surface area contributed by atoms with Gasteiger partial charge in [0.05, 0.1) is 5.94 Å². The molecule has 0 bridgehead atoms. The van der Waals surface area contributed by atoms with Crippen LogP contribution >= 0.6 is 0 Å². The number of hydrogen-bond donors (Lipinski definition) is 3. The van der Waals surface area contributed by atoms with E-state index in [1.54, 1.807) is 0 Å². The van der Waals surface area contributed by atoms with Crippen LogP contribution in [0.15, 0.2) is 34.7 Å². The Morgan fingerprint density at radius 2 is 2.00 bits per heavy atom.